The Hall–Kier alpha value is -0.0831. The summed E-state index contributed by atoms with van der Waals surface area (Å²) in [5.41, 5.74) is 3.71. The maximum Gasteiger partial charge on any atom is 0.0749 e. The highest BCUT2D eigenvalue weighted by Gasteiger charge is 2.24. The van der Waals surface area contributed by atoms with E-state index in [4.69, 9.17) is 0 Å². The van der Waals surface area contributed by atoms with Crippen molar-refractivity contribution in [1.82, 2.24) is 0 Å². The third-order valence-electron chi connectivity index (χ3n) is 2.67. The van der Waals surface area contributed by atoms with Crippen molar-refractivity contribution in [3.63, 3.8) is 0 Å². The zero-order valence-electron chi connectivity index (χ0n) is 9.30. The third kappa shape index (κ3) is 3.28. The lowest BCUT2D eigenvalue weighted by Gasteiger charge is -2.29. The van der Waals surface area contributed by atoms with Gasteiger partial charge in [0.1, 0.15) is 0 Å². The highest BCUT2D eigenvalue weighted by Crippen LogP contribution is 2.30. The quantitative estimate of drug-likeness (QED) is 0.642. The average molecular weight is 198 g/mol. The standard InChI is InChI=1S/C11H22OSi/c1-9-6-5-7-11(12)10(9)8-13(2,3)4/h8-9,11-12H,5-7H2,1-4H3/b10-8-. The fourth-order valence-corrected chi connectivity index (χ4v) is 3.49. The summed E-state index contributed by atoms with van der Waals surface area (Å²) in [6.45, 7) is 9.23. The van der Waals surface area contributed by atoms with E-state index in [0.717, 1.165) is 6.42 Å². The molecule has 0 heterocycles. The lowest BCUT2D eigenvalue weighted by molar-refractivity contribution is 0.163. The molecule has 0 aromatic heterocycles. The first kappa shape index (κ1) is 11.0. The molecule has 2 atom stereocenters. The van der Waals surface area contributed by atoms with Crippen LogP contribution in [0, 0.1) is 5.92 Å². The Kier molecular flexibility index (Phi) is 3.36. The number of hydrogen-bond acceptors (Lipinski definition) is 1. The van der Waals surface area contributed by atoms with Gasteiger partial charge in [-0.15, -0.1) is 0 Å². The van der Waals surface area contributed by atoms with Crippen molar-refractivity contribution in [2.24, 2.45) is 5.92 Å². The lowest BCUT2D eigenvalue weighted by atomic mass is 9.84. The van der Waals surface area contributed by atoms with Crippen molar-refractivity contribution in [3.05, 3.63) is 11.3 Å². The number of aliphatic hydroxyl groups excluding tert-OH is 1. The number of hydrogen-bond donors (Lipinski definition) is 1. The molecule has 0 aromatic carbocycles. The maximum atomic E-state index is 9.86. The molecular weight excluding hydrogens is 176 g/mol. The van der Waals surface area contributed by atoms with Crippen LogP contribution >= 0.6 is 0 Å². The highest BCUT2D eigenvalue weighted by atomic mass is 28.3. The molecule has 2 unspecified atom stereocenters. The Balaban J connectivity index is 2.79. The predicted octanol–water partition coefficient (Wildman–Crippen LogP) is 2.97. The summed E-state index contributed by atoms with van der Waals surface area (Å²) in [7, 11) is -1.15. The molecule has 0 amide bonds. The van der Waals surface area contributed by atoms with E-state index in [9.17, 15) is 5.11 Å². The van der Waals surface area contributed by atoms with Crippen LogP contribution in [0.5, 0.6) is 0 Å². The molecule has 1 aliphatic rings. The van der Waals surface area contributed by atoms with Crippen molar-refractivity contribution in [2.75, 3.05) is 0 Å². The van der Waals surface area contributed by atoms with Crippen LogP contribution < -0.4 is 0 Å². The molecule has 0 bridgehead atoms. The Labute approximate surface area is 82.9 Å². The van der Waals surface area contributed by atoms with Crippen LogP contribution in [0.1, 0.15) is 26.2 Å². The molecule has 0 spiro atoms. The minimum atomic E-state index is -1.15. The van der Waals surface area contributed by atoms with Gasteiger partial charge in [-0.2, -0.15) is 0 Å². The number of rotatable bonds is 1. The van der Waals surface area contributed by atoms with Gasteiger partial charge in [0.2, 0.25) is 0 Å². The van der Waals surface area contributed by atoms with Gasteiger partial charge in [0.05, 0.1) is 14.2 Å². The molecule has 13 heavy (non-hydrogen) atoms. The summed E-state index contributed by atoms with van der Waals surface area (Å²) in [6, 6.07) is 0. The van der Waals surface area contributed by atoms with Gasteiger partial charge in [0.15, 0.2) is 0 Å². The summed E-state index contributed by atoms with van der Waals surface area (Å²) < 4.78 is 0. The van der Waals surface area contributed by atoms with Gasteiger partial charge in [-0.25, -0.2) is 0 Å². The Morgan fingerprint density at radius 3 is 2.38 bits per heavy atom. The molecule has 1 rings (SSSR count). The van der Waals surface area contributed by atoms with E-state index in [1.54, 1.807) is 0 Å². The van der Waals surface area contributed by atoms with Crippen LogP contribution in [0.15, 0.2) is 11.3 Å². The minimum absolute atomic E-state index is 0.143. The molecule has 76 valence electrons. The SMILES string of the molecule is CC1CCCC(O)/C1=C\[Si](C)(C)C. The minimum Gasteiger partial charge on any atom is -0.389 e. The summed E-state index contributed by atoms with van der Waals surface area (Å²) in [6.07, 6.45) is 3.27. The molecular formula is C11H22OSi. The summed E-state index contributed by atoms with van der Waals surface area (Å²) in [4.78, 5) is 0. The van der Waals surface area contributed by atoms with E-state index in [2.05, 4.69) is 32.3 Å². The molecule has 0 saturated heterocycles. The van der Waals surface area contributed by atoms with E-state index in [1.807, 2.05) is 0 Å². The highest BCUT2D eigenvalue weighted by molar-refractivity contribution is 6.81. The van der Waals surface area contributed by atoms with Crippen LogP contribution in [0.3, 0.4) is 0 Å². The van der Waals surface area contributed by atoms with Crippen LogP contribution in [-0.2, 0) is 0 Å². The second kappa shape index (κ2) is 3.97. The molecule has 1 saturated carbocycles. The molecule has 1 fully saturated rings. The number of aliphatic hydroxyl groups is 1. The van der Waals surface area contributed by atoms with Gasteiger partial charge in [-0.1, -0.05) is 32.3 Å². The Morgan fingerprint density at radius 2 is 1.92 bits per heavy atom. The largest absolute Gasteiger partial charge is 0.389 e. The van der Waals surface area contributed by atoms with E-state index in [-0.39, 0.29) is 6.10 Å². The van der Waals surface area contributed by atoms with Crippen molar-refractivity contribution < 1.29 is 5.11 Å². The molecule has 0 radical (unpaired) electrons. The second-order valence-electron chi connectivity index (χ2n) is 5.36. The summed E-state index contributed by atoms with van der Waals surface area (Å²) in [5.74, 6) is 0.607. The van der Waals surface area contributed by atoms with Crippen LogP contribution in [0.25, 0.3) is 0 Å². The third-order valence-corrected chi connectivity index (χ3v) is 3.87. The molecule has 0 aliphatic heterocycles. The Morgan fingerprint density at radius 1 is 1.31 bits per heavy atom. The molecule has 1 nitrogen and oxygen atoms in total. The van der Waals surface area contributed by atoms with Crippen LogP contribution in [0.2, 0.25) is 19.6 Å². The smallest absolute Gasteiger partial charge is 0.0749 e. The Bertz CT molecular complexity index is 191. The van der Waals surface area contributed by atoms with Crippen molar-refractivity contribution in [3.8, 4) is 0 Å². The van der Waals surface area contributed by atoms with Gasteiger partial charge in [-0.3, -0.25) is 0 Å². The van der Waals surface area contributed by atoms with E-state index in [0.29, 0.717) is 5.92 Å². The molecule has 0 aromatic rings. The van der Waals surface area contributed by atoms with Crippen molar-refractivity contribution in [2.45, 2.75) is 51.9 Å². The molecule has 1 N–H and O–H groups in total. The normalized spacial score (nSPS) is 33.8. The van der Waals surface area contributed by atoms with E-state index < -0.39 is 8.07 Å². The average Bonchev–Trinajstić information content (AvgIpc) is 1.95. The first-order valence-electron chi connectivity index (χ1n) is 5.31. The lowest BCUT2D eigenvalue weighted by Crippen LogP contribution is -2.27. The monoisotopic (exact) mass is 198 g/mol. The van der Waals surface area contributed by atoms with Gasteiger partial charge in [0, 0.05) is 0 Å². The van der Waals surface area contributed by atoms with Gasteiger partial charge >= 0.3 is 0 Å². The fraction of sp³-hybridized carbons (Fsp3) is 0.818. The van der Waals surface area contributed by atoms with E-state index in [1.165, 1.54) is 18.4 Å². The summed E-state index contributed by atoms with van der Waals surface area (Å²) >= 11 is 0. The van der Waals surface area contributed by atoms with Gasteiger partial charge in [-0.05, 0) is 30.8 Å². The zero-order valence-corrected chi connectivity index (χ0v) is 10.3. The molecule has 1 aliphatic carbocycles. The second-order valence-corrected chi connectivity index (χ2v) is 10.4. The first-order valence-corrected chi connectivity index (χ1v) is 8.88. The first-order chi connectivity index (χ1) is 5.90. The van der Waals surface area contributed by atoms with Crippen LogP contribution in [-0.4, -0.2) is 19.3 Å². The van der Waals surface area contributed by atoms with Gasteiger partial charge in [0.25, 0.3) is 0 Å². The van der Waals surface area contributed by atoms with Crippen LogP contribution in [0.4, 0.5) is 0 Å². The van der Waals surface area contributed by atoms with Gasteiger partial charge < -0.3 is 5.11 Å². The zero-order chi connectivity index (χ0) is 10.1. The van der Waals surface area contributed by atoms with Crippen molar-refractivity contribution >= 4 is 8.07 Å². The van der Waals surface area contributed by atoms with Crippen molar-refractivity contribution in [1.29, 1.82) is 0 Å². The fourth-order valence-electron chi connectivity index (χ4n) is 2.02. The maximum absolute atomic E-state index is 9.86. The topological polar surface area (TPSA) is 20.2 Å². The molecule has 2 heteroatoms. The van der Waals surface area contributed by atoms with E-state index >= 15 is 0 Å². The predicted molar refractivity (Wildman–Crippen MR) is 60.5 cm³/mol. The summed E-state index contributed by atoms with van der Waals surface area (Å²) in [5, 5.41) is 9.86.